The highest BCUT2D eigenvalue weighted by Gasteiger charge is 2.26. The summed E-state index contributed by atoms with van der Waals surface area (Å²) in [6.07, 6.45) is 0.625. The van der Waals surface area contributed by atoms with Crippen LogP contribution in [0.15, 0.2) is 4.52 Å². The molecular weight excluding hydrogens is 194 g/mol. The molecule has 1 aromatic rings. The molecule has 86 valence electrons. The van der Waals surface area contributed by atoms with Gasteiger partial charge in [-0.15, -0.1) is 0 Å². The summed E-state index contributed by atoms with van der Waals surface area (Å²) in [4.78, 5) is 4.23. The van der Waals surface area contributed by atoms with Crippen LogP contribution in [0.5, 0.6) is 0 Å². The van der Waals surface area contributed by atoms with E-state index in [1.807, 2.05) is 20.8 Å². The smallest absolute Gasteiger partial charge is 0.229 e. The van der Waals surface area contributed by atoms with Crippen molar-refractivity contribution in [2.24, 2.45) is 11.1 Å². The molecule has 1 unspecified atom stereocenters. The molecule has 1 atom stereocenters. The number of nitrogens with two attached hydrogens (primary N) is 1. The molecule has 1 aromatic heterocycles. The predicted octanol–water partition coefficient (Wildman–Crippen LogP) is 1.30. The Hall–Kier alpha value is -0.940. The normalized spacial score (nSPS) is 14.2. The van der Waals surface area contributed by atoms with E-state index in [1.165, 1.54) is 0 Å². The fraction of sp³-hybridized carbons (Fsp3) is 0.800. The van der Waals surface area contributed by atoms with Gasteiger partial charge in [-0.05, 0) is 5.41 Å². The zero-order valence-electron chi connectivity index (χ0n) is 9.78. The molecule has 0 aliphatic heterocycles. The van der Waals surface area contributed by atoms with Gasteiger partial charge in [0.15, 0.2) is 5.82 Å². The lowest BCUT2D eigenvalue weighted by Gasteiger charge is -2.23. The third kappa shape index (κ3) is 3.28. The van der Waals surface area contributed by atoms with E-state index < -0.39 is 0 Å². The highest BCUT2D eigenvalue weighted by molar-refractivity contribution is 4.97. The average Bonchev–Trinajstić information content (AvgIpc) is 2.60. The molecule has 1 heterocycles. The molecule has 0 aromatic carbocycles. The summed E-state index contributed by atoms with van der Waals surface area (Å²) in [5.74, 6) is 1.14. The first-order valence-corrected chi connectivity index (χ1v) is 5.02. The van der Waals surface area contributed by atoms with E-state index in [4.69, 9.17) is 15.0 Å². The van der Waals surface area contributed by atoms with E-state index in [0.29, 0.717) is 24.7 Å². The number of methoxy groups -OCH3 is 1. The summed E-state index contributed by atoms with van der Waals surface area (Å²) in [6.45, 7) is 6.71. The number of hydrogen-bond acceptors (Lipinski definition) is 5. The van der Waals surface area contributed by atoms with Gasteiger partial charge in [0.1, 0.15) is 0 Å². The quantitative estimate of drug-likeness (QED) is 0.816. The van der Waals surface area contributed by atoms with Crippen LogP contribution in [-0.2, 0) is 11.2 Å². The van der Waals surface area contributed by atoms with Crippen molar-refractivity contribution in [1.82, 2.24) is 10.1 Å². The molecule has 15 heavy (non-hydrogen) atoms. The minimum absolute atomic E-state index is 0.0671. The number of ether oxygens (including phenoxy) is 1. The van der Waals surface area contributed by atoms with Crippen molar-refractivity contribution in [2.75, 3.05) is 13.7 Å². The minimum atomic E-state index is -0.211. The third-order valence-electron chi connectivity index (χ3n) is 2.22. The predicted molar refractivity (Wildman–Crippen MR) is 56.3 cm³/mol. The molecule has 0 aliphatic rings. The Labute approximate surface area is 90.0 Å². The molecule has 0 bridgehead atoms. The van der Waals surface area contributed by atoms with E-state index in [2.05, 4.69) is 10.1 Å². The second kappa shape index (κ2) is 4.72. The van der Waals surface area contributed by atoms with Gasteiger partial charge in [-0.1, -0.05) is 25.9 Å². The Bertz CT molecular complexity index is 304. The fourth-order valence-electron chi connectivity index (χ4n) is 1.07. The third-order valence-corrected chi connectivity index (χ3v) is 2.22. The lowest BCUT2D eigenvalue weighted by atomic mass is 9.87. The fourth-order valence-corrected chi connectivity index (χ4v) is 1.07. The van der Waals surface area contributed by atoms with Gasteiger partial charge in [0, 0.05) is 7.11 Å². The van der Waals surface area contributed by atoms with E-state index in [1.54, 1.807) is 7.11 Å². The van der Waals surface area contributed by atoms with Gasteiger partial charge in [0.25, 0.3) is 0 Å². The summed E-state index contributed by atoms with van der Waals surface area (Å²) >= 11 is 0. The van der Waals surface area contributed by atoms with Crippen LogP contribution in [0.4, 0.5) is 0 Å². The van der Waals surface area contributed by atoms with Gasteiger partial charge < -0.3 is 15.0 Å². The first-order valence-electron chi connectivity index (χ1n) is 5.02. The molecule has 0 saturated carbocycles. The van der Waals surface area contributed by atoms with Gasteiger partial charge in [0.2, 0.25) is 5.89 Å². The molecule has 0 saturated heterocycles. The van der Waals surface area contributed by atoms with Crippen LogP contribution < -0.4 is 5.73 Å². The van der Waals surface area contributed by atoms with Crippen molar-refractivity contribution in [2.45, 2.75) is 33.2 Å². The first-order chi connectivity index (χ1) is 6.95. The van der Waals surface area contributed by atoms with Crippen LogP contribution in [0, 0.1) is 5.41 Å². The topological polar surface area (TPSA) is 74.2 Å². The molecule has 0 aliphatic carbocycles. The standard InChI is InChI=1S/C10H19N3O2/c1-10(2,3)8(11)9-12-7(15-13-9)5-6-14-4/h8H,5-6,11H2,1-4H3. The van der Waals surface area contributed by atoms with Crippen LogP contribution in [-0.4, -0.2) is 23.9 Å². The first kappa shape index (κ1) is 12.1. The maximum Gasteiger partial charge on any atom is 0.229 e. The Morgan fingerprint density at radius 1 is 1.47 bits per heavy atom. The summed E-state index contributed by atoms with van der Waals surface area (Å²) in [5, 5.41) is 3.87. The van der Waals surface area contributed by atoms with Gasteiger partial charge >= 0.3 is 0 Å². The van der Waals surface area contributed by atoms with Crippen molar-refractivity contribution in [3.8, 4) is 0 Å². The van der Waals surface area contributed by atoms with E-state index in [9.17, 15) is 0 Å². The molecule has 0 amide bonds. The summed E-state index contributed by atoms with van der Waals surface area (Å²) < 4.78 is 9.99. The maximum absolute atomic E-state index is 6.00. The van der Waals surface area contributed by atoms with E-state index in [0.717, 1.165) is 0 Å². The second-order valence-electron chi connectivity index (χ2n) is 4.63. The molecule has 1 rings (SSSR count). The lowest BCUT2D eigenvalue weighted by molar-refractivity contribution is 0.191. The van der Waals surface area contributed by atoms with E-state index in [-0.39, 0.29) is 11.5 Å². The monoisotopic (exact) mass is 213 g/mol. The summed E-state index contributed by atoms with van der Waals surface area (Å²) in [6, 6.07) is -0.211. The van der Waals surface area contributed by atoms with Crippen molar-refractivity contribution in [1.29, 1.82) is 0 Å². The molecule has 0 radical (unpaired) electrons. The molecule has 0 fully saturated rings. The summed E-state index contributed by atoms with van der Waals surface area (Å²) in [7, 11) is 1.64. The van der Waals surface area contributed by atoms with Gasteiger partial charge in [-0.25, -0.2) is 0 Å². The number of rotatable bonds is 4. The van der Waals surface area contributed by atoms with Crippen LogP contribution in [0.1, 0.15) is 38.5 Å². The van der Waals surface area contributed by atoms with Gasteiger partial charge in [-0.3, -0.25) is 0 Å². The number of nitrogens with zero attached hydrogens (tertiary/aromatic N) is 2. The van der Waals surface area contributed by atoms with Crippen LogP contribution in [0.3, 0.4) is 0 Å². The van der Waals surface area contributed by atoms with Crippen LogP contribution >= 0.6 is 0 Å². The molecular formula is C10H19N3O2. The van der Waals surface area contributed by atoms with Gasteiger partial charge in [-0.2, -0.15) is 4.98 Å². The molecule has 5 heteroatoms. The van der Waals surface area contributed by atoms with Crippen molar-refractivity contribution in [3.05, 3.63) is 11.7 Å². The Morgan fingerprint density at radius 2 is 2.13 bits per heavy atom. The van der Waals surface area contributed by atoms with Crippen molar-refractivity contribution in [3.63, 3.8) is 0 Å². The highest BCUT2D eigenvalue weighted by atomic mass is 16.5. The van der Waals surface area contributed by atoms with Gasteiger partial charge in [0.05, 0.1) is 19.1 Å². The number of hydrogen-bond donors (Lipinski definition) is 1. The minimum Gasteiger partial charge on any atom is -0.384 e. The van der Waals surface area contributed by atoms with E-state index >= 15 is 0 Å². The van der Waals surface area contributed by atoms with Crippen molar-refractivity contribution < 1.29 is 9.26 Å². The highest BCUT2D eigenvalue weighted by Crippen LogP contribution is 2.28. The lowest BCUT2D eigenvalue weighted by Crippen LogP contribution is -2.27. The Kier molecular flexibility index (Phi) is 3.82. The zero-order chi connectivity index (χ0) is 11.5. The molecule has 0 spiro atoms. The number of aromatic nitrogens is 2. The molecule has 5 nitrogen and oxygen atoms in total. The maximum atomic E-state index is 6.00. The van der Waals surface area contributed by atoms with Crippen LogP contribution in [0.25, 0.3) is 0 Å². The average molecular weight is 213 g/mol. The Balaban J connectivity index is 2.67. The second-order valence-corrected chi connectivity index (χ2v) is 4.63. The molecule has 2 N–H and O–H groups in total. The zero-order valence-corrected chi connectivity index (χ0v) is 9.78. The van der Waals surface area contributed by atoms with Crippen molar-refractivity contribution >= 4 is 0 Å². The SMILES string of the molecule is COCCc1nc(C(N)C(C)(C)C)no1. The largest absolute Gasteiger partial charge is 0.384 e. The van der Waals surface area contributed by atoms with Crippen LogP contribution in [0.2, 0.25) is 0 Å². The summed E-state index contributed by atoms with van der Waals surface area (Å²) in [5.41, 5.74) is 5.93. The Morgan fingerprint density at radius 3 is 2.67 bits per heavy atom.